The molecule has 0 aliphatic carbocycles. The molecular formula is C29H49NO10W. The molecule has 3 rings (SSSR count). The molecule has 236 valence electrons. The van der Waals surface area contributed by atoms with Crippen LogP contribution in [-0.2, 0) is 64.0 Å². The molecule has 0 aromatic heterocycles. The van der Waals surface area contributed by atoms with Gasteiger partial charge in [-0.15, -0.1) is 0 Å². The quantitative estimate of drug-likeness (QED) is 0.145. The fourth-order valence-corrected chi connectivity index (χ4v) is 2.66. The zero-order valence-electron chi connectivity index (χ0n) is 26.9. The van der Waals surface area contributed by atoms with E-state index in [-0.39, 0.29) is 50.7 Å². The second kappa shape index (κ2) is 27.7. The molecule has 41 heavy (non-hydrogen) atoms. The number of hydrogen-bond acceptors (Lipinski definition) is 10. The number of likely N-dealkylation sites (N-methyl/N-ethyl adjacent to an activating group) is 1. The van der Waals surface area contributed by atoms with E-state index in [1.54, 1.807) is 27.9 Å². The zero-order valence-corrected chi connectivity index (χ0v) is 28.9. The fraction of sp³-hybridized carbons (Fsp3) is 0.552. The Bertz CT molecular complexity index is 817. The Kier molecular flexibility index (Phi) is 30.8. The Hall–Kier alpha value is -2.46. The minimum absolute atomic E-state index is 0. The maximum Gasteiger partial charge on any atom is 2.00 e. The molecular weight excluding hydrogens is 706 g/mol. The van der Waals surface area contributed by atoms with Gasteiger partial charge in [0.05, 0.1) is 26.9 Å². The van der Waals surface area contributed by atoms with Gasteiger partial charge in [-0.05, 0) is 33.3 Å². The minimum Gasteiger partial charge on any atom is -0.566 e. The Morgan fingerprint density at radius 1 is 1.24 bits per heavy atom. The number of rotatable bonds is 5. The van der Waals surface area contributed by atoms with Crippen LogP contribution in [0, 0.1) is 19.4 Å². The summed E-state index contributed by atoms with van der Waals surface area (Å²) in [7, 11) is 7.03. The third-order valence-electron chi connectivity index (χ3n) is 5.08. The van der Waals surface area contributed by atoms with Crippen molar-refractivity contribution in [2.45, 2.75) is 60.5 Å². The normalized spacial score (nSPS) is 17.3. The summed E-state index contributed by atoms with van der Waals surface area (Å²) in [5.74, 6) is -0.558. The monoisotopic (exact) mass is 756 g/mol. The Labute approximate surface area is 262 Å². The van der Waals surface area contributed by atoms with Crippen LogP contribution in [-0.4, -0.2) is 87.2 Å². The summed E-state index contributed by atoms with van der Waals surface area (Å²) in [5, 5.41) is 7.44. The first-order valence-electron chi connectivity index (χ1n) is 12.8. The van der Waals surface area contributed by atoms with Crippen LogP contribution in [0.15, 0.2) is 36.0 Å². The van der Waals surface area contributed by atoms with Crippen molar-refractivity contribution >= 4 is 30.0 Å². The molecule has 1 atom stereocenters. The average Bonchev–Trinajstić information content (AvgIpc) is 3.36. The maximum atomic E-state index is 11.0. The standard InChI is InChI=1S/C7H9NO2.C7H10O2.C6H12O2.C4H6O.C2H4O2.C2H5O.CH3.W/c1-4-5(2)7(10)8(3)6(4)9;1-3-6-4-5(2)7(8)9-6;1-6(3-7-2)4-8-5-6;1-3-4(2)5;1-4-2-3;1-2-3;;/h1-3H3;6H,2-4H2,1H3;3-5H2,1-2H3;3H,1H2,2H3;2H,1H3;2-3H,1H3;1H3;/q;;;;;2*-1;+2/i;;;;;;1D;. The zero-order chi connectivity index (χ0) is 33.2. The smallest absolute Gasteiger partial charge is 0.566 e. The van der Waals surface area contributed by atoms with Crippen LogP contribution >= 0.6 is 0 Å². The minimum atomic E-state index is -0.221. The SMILES string of the molecule is C=C1CC(CC)OC1=O.C=CC(C)=O.CC1=C(C)C(=O)N(C)C1=O.COC=O.COCC1(C)COC1.C[CH-]O.[2H][CH2-].[W+2]. The first-order chi connectivity index (χ1) is 19.2. The Morgan fingerprint density at radius 3 is 1.73 bits per heavy atom. The third kappa shape index (κ3) is 21.9. The van der Waals surface area contributed by atoms with E-state index in [0.717, 1.165) is 44.2 Å². The van der Waals surface area contributed by atoms with E-state index >= 15 is 0 Å². The van der Waals surface area contributed by atoms with Crippen LogP contribution in [0.3, 0.4) is 0 Å². The van der Waals surface area contributed by atoms with E-state index < -0.39 is 0 Å². The van der Waals surface area contributed by atoms with E-state index in [9.17, 15) is 19.2 Å². The van der Waals surface area contributed by atoms with Crippen molar-refractivity contribution in [1.29, 1.82) is 0 Å². The topological polar surface area (TPSA) is 146 Å². The molecule has 12 heteroatoms. The van der Waals surface area contributed by atoms with Crippen LogP contribution in [0.4, 0.5) is 0 Å². The van der Waals surface area contributed by atoms with Crippen molar-refractivity contribution in [3.63, 3.8) is 0 Å². The number of allylic oxidation sites excluding steroid dienone is 1. The summed E-state index contributed by atoms with van der Waals surface area (Å²) in [5.41, 5.74) is 2.07. The summed E-state index contributed by atoms with van der Waals surface area (Å²) in [4.78, 5) is 52.3. The average molecular weight is 757 g/mol. The van der Waals surface area contributed by atoms with Crippen LogP contribution in [0.1, 0.15) is 55.8 Å². The molecule has 0 aromatic carbocycles. The molecule has 3 aliphatic heterocycles. The first-order valence-corrected chi connectivity index (χ1v) is 12.1. The number of carbonyl (C=O) groups excluding carboxylic acids is 5. The van der Waals surface area contributed by atoms with Gasteiger partial charge < -0.3 is 31.5 Å². The summed E-state index contributed by atoms with van der Waals surface area (Å²) in [6.07, 6.45) is 2.99. The van der Waals surface area contributed by atoms with Crippen molar-refractivity contribution in [2.75, 3.05) is 41.1 Å². The summed E-state index contributed by atoms with van der Waals surface area (Å²) in [6.45, 7) is 21.2. The molecule has 0 spiro atoms. The molecule has 1 N–H and O–H groups in total. The number of cyclic esters (lactones) is 1. The number of nitrogens with zero attached hydrogens (tertiary/aromatic N) is 1. The van der Waals surface area contributed by atoms with Gasteiger partial charge in [-0.2, -0.15) is 6.92 Å². The molecule has 2 saturated heterocycles. The van der Waals surface area contributed by atoms with Gasteiger partial charge in [0.25, 0.3) is 18.3 Å². The number of imide groups is 1. The molecule has 2 fully saturated rings. The Balaban J connectivity index is -0.000000134. The first kappa shape index (κ1) is 45.5. The predicted octanol–water partition coefficient (Wildman–Crippen LogP) is 3.80. The van der Waals surface area contributed by atoms with Crippen molar-refractivity contribution < 1.29 is 70.5 Å². The van der Waals surface area contributed by atoms with Crippen LogP contribution in [0.25, 0.3) is 0 Å². The van der Waals surface area contributed by atoms with Crippen LogP contribution in [0.5, 0.6) is 0 Å². The van der Waals surface area contributed by atoms with E-state index in [1.165, 1.54) is 27.2 Å². The largest absolute Gasteiger partial charge is 2.00 e. The number of amides is 2. The van der Waals surface area contributed by atoms with Gasteiger partial charge >= 0.3 is 27.0 Å². The maximum absolute atomic E-state index is 11.0. The van der Waals surface area contributed by atoms with E-state index in [0.29, 0.717) is 28.6 Å². The summed E-state index contributed by atoms with van der Waals surface area (Å²) >= 11 is 0. The van der Waals surface area contributed by atoms with Crippen molar-refractivity contribution in [3.05, 3.63) is 50.0 Å². The van der Waals surface area contributed by atoms with Gasteiger partial charge in [-0.1, -0.05) is 27.0 Å². The molecule has 2 amide bonds. The third-order valence-corrected chi connectivity index (χ3v) is 5.08. The van der Waals surface area contributed by atoms with Gasteiger partial charge in [0, 0.05) is 42.7 Å². The second-order valence-corrected chi connectivity index (χ2v) is 8.80. The van der Waals surface area contributed by atoms with Gasteiger partial charge in [-0.3, -0.25) is 24.1 Å². The molecule has 3 heterocycles. The van der Waals surface area contributed by atoms with Crippen LogP contribution in [0.2, 0.25) is 0 Å². The number of ether oxygens (including phenoxy) is 4. The van der Waals surface area contributed by atoms with Gasteiger partial charge in [0.15, 0.2) is 5.78 Å². The van der Waals surface area contributed by atoms with E-state index in [2.05, 4.69) is 32.2 Å². The second-order valence-electron chi connectivity index (χ2n) is 8.80. The van der Waals surface area contributed by atoms with Crippen molar-refractivity contribution in [3.8, 4) is 0 Å². The summed E-state index contributed by atoms with van der Waals surface area (Å²) < 4.78 is 24.2. The van der Waals surface area contributed by atoms with E-state index in [1.807, 2.05) is 6.92 Å². The van der Waals surface area contributed by atoms with Gasteiger partial charge in [0.1, 0.15) is 6.10 Å². The molecule has 11 nitrogen and oxygen atoms in total. The number of hydrogen-bond donors (Lipinski definition) is 1. The number of carbonyl (C=O) groups is 5. The molecule has 0 bridgehead atoms. The van der Waals surface area contributed by atoms with Crippen molar-refractivity contribution in [2.24, 2.45) is 5.41 Å². The number of esters is 1. The summed E-state index contributed by atoms with van der Waals surface area (Å²) in [6, 6.07) is 0. The number of aliphatic hydroxyl groups excluding tert-OH is 1. The molecule has 0 saturated carbocycles. The fourth-order valence-electron chi connectivity index (χ4n) is 2.66. The van der Waals surface area contributed by atoms with Gasteiger partial charge in [0.2, 0.25) is 0 Å². The molecule has 3 aliphatic rings. The molecule has 0 radical (unpaired) electrons. The molecule has 0 aromatic rings. The van der Waals surface area contributed by atoms with Crippen molar-refractivity contribution in [1.82, 2.24) is 4.90 Å². The number of ketones is 1. The van der Waals surface area contributed by atoms with E-state index in [4.69, 9.17) is 25.5 Å². The predicted molar refractivity (Wildman–Crippen MR) is 153 cm³/mol. The number of aliphatic hydroxyl groups is 1. The number of methoxy groups -OCH3 is 2. The molecule has 1 unspecified atom stereocenters. The Morgan fingerprint density at radius 2 is 1.63 bits per heavy atom. The van der Waals surface area contributed by atoms with Gasteiger partial charge in [-0.25, -0.2) is 12.8 Å². The van der Waals surface area contributed by atoms with Crippen LogP contribution < -0.4 is 0 Å².